The van der Waals surface area contributed by atoms with E-state index in [9.17, 15) is 5.11 Å². The maximum absolute atomic E-state index is 9.28. The number of thiophene rings is 1. The molecule has 0 aliphatic rings. The Kier molecular flexibility index (Phi) is 3.06. The van der Waals surface area contributed by atoms with Crippen molar-refractivity contribution in [2.24, 2.45) is 0 Å². The summed E-state index contributed by atoms with van der Waals surface area (Å²) in [5, 5.41) is 11.3. The van der Waals surface area contributed by atoms with Gasteiger partial charge in [-0.25, -0.2) is 0 Å². The van der Waals surface area contributed by atoms with Gasteiger partial charge in [0.2, 0.25) is 0 Å². The van der Waals surface area contributed by atoms with Crippen LogP contribution < -0.4 is 0 Å². The zero-order valence-electron chi connectivity index (χ0n) is 6.30. The van der Waals surface area contributed by atoms with E-state index in [4.69, 9.17) is 4.74 Å². The molecule has 0 saturated heterocycles. The van der Waals surface area contributed by atoms with E-state index in [2.05, 4.69) is 15.9 Å². The molecular weight excluding hydrogens is 228 g/mol. The summed E-state index contributed by atoms with van der Waals surface area (Å²) in [6.45, 7) is 1.98. The Morgan fingerprint density at radius 2 is 2.36 bits per heavy atom. The number of rotatable bonds is 2. The lowest BCUT2D eigenvalue weighted by Crippen LogP contribution is -1.96. The van der Waals surface area contributed by atoms with Crippen LogP contribution in [-0.2, 0) is 4.74 Å². The largest absolute Gasteiger partial charge is 0.364 e. The van der Waals surface area contributed by atoms with Crippen LogP contribution in [0.1, 0.15) is 16.7 Å². The minimum absolute atomic E-state index is 0.803. The van der Waals surface area contributed by atoms with Crippen molar-refractivity contribution in [3.63, 3.8) is 0 Å². The topological polar surface area (TPSA) is 29.5 Å². The van der Waals surface area contributed by atoms with E-state index in [1.807, 2.05) is 12.3 Å². The first-order valence-electron chi connectivity index (χ1n) is 3.11. The van der Waals surface area contributed by atoms with Gasteiger partial charge < -0.3 is 9.84 Å². The number of ether oxygens (including phenoxy) is 1. The van der Waals surface area contributed by atoms with Gasteiger partial charge in [0.1, 0.15) is 0 Å². The van der Waals surface area contributed by atoms with Gasteiger partial charge in [-0.15, -0.1) is 11.3 Å². The smallest absolute Gasteiger partial charge is 0.191 e. The number of aryl methyl sites for hydroxylation is 1. The normalized spacial score (nSPS) is 13.5. The third-order valence-electron chi connectivity index (χ3n) is 1.37. The highest BCUT2D eigenvalue weighted by Crippen LogP contribution is 2.32. The van der Waals surface area contributed by atoms with E-state index in [0.717, 1.165) is 14.9 Å². The number of aliphatic hydroxyl groups excluding tert-OH is 1. The zero-order chi connectivity index (χ0) is 8.43. The lowest BCUT2D eigenvalue weighted by atomic mass is 10.3. The lowest BCUT2D eigenvalue weighted by Gasteiger charge is -2.05. The zero-order valence-corrected chi connectivity index (χ0v) is 8.70. The molecule has 0 aliphatic heterocycles. The second-order valence-electron chi connectivity index (χ2n) is 2.19. The van der Waals surface area contributed by atoms with Crippen LogP contribution in [-0.4, -0.2) is 12.2 Å². The van der Waals surface area contributed by atoms with E-state index >= 15 is 0 Å². The van der Waals surface area contributed by atoms with Crippen LogP contribution in [0.5, 0.6) is 0 Å². The highest BCUT2D eigenvalue weighted by atomic mass is 79.9. The summed E-state index contributed by atoms with van der Waals surface area (Å²) < 4.78 is 5.71. The molecule has 0 radical (unpaired) electrons. The second-order valence-corrected chi connectivity index (χ2v) is 3.89. The first-order chi connectivity index (χ1) is 5.16. The standard InChI is InChI=1S/C7H9BrO2S/c1-4-3-11-6(5(4)8)7(9)10-2/h3,7,9H,1-2H3. The number of hydrogen-bond acceptors (Lipinski definition) is 3. The molecule has 0 bridgehead atoms. The summed E-state index contributed by atoms with van der Waals surface area (Å²) in [6, 6.07) is 0. The van der Waals surface area contributed by atoms with Crippen LogP contribution in [0.4, 0.5) is 0 Å². The minimum Gasteiger partial charge on any atom is -0.364 e. The van der Waals surface area contributed by atoms with Crippen molar-refractivity contribution in [1.82, 2.24) is 0 Å². The molecule has 0 saturated carbocycles. The molecule has 1 unspecified atom stereocenters. The molecule has 1 atom stereocenters. The lowest BCUT2D eigenvalue weighted by molar-refractivity contribution is -0.0747. The highest BCUT2D eigenvalue weighted by Gasteiger charge is 2.13. The van der Waals surface area contributed by atoms with Crippen molar-refractivity contribution in [3.8, 4) is 0 Å². The van der Waals surface area contributed by atoms with Crippen LogP contribution >= 0.6 is 27.3 Å². The van der Waals surface area contributed by atoms with Gasteiger partial charge in [-0.2, -0.15) is 0 Å². The van der Waals surface area contributed by atoms with Gasteiger partial charge in [0.25, 0.3) is 0 Å². The molecule has 0 aromatic carbocycles. The number of methoxy groups -OCH3 is 1. The molecule has 1 aromatic rings. The van der Waals surface area contributed by atoms with Crippen LogP contribution in [0.25, 0.3) is 0 Å². The predicted molar refractivity (Wildman–Crippen MR) is 48.7 cm³/mol. The Bertz CT molecular complexity index is 247. The minimum atomic E-state index is -0.803. The van der Waals surface area contributed by atoms with Crippen molar-refractivity contribution in [2.45, 2.75) is 13.2 Å². The average molecular weight is 237 g/mol. The Morgan fingerprint density at radius 3 is 2.73 bits per heavy atom. The summed E-state index contributed by atoms with van der Waals surface area (Å²) in [6.07, 6.45) is -0.803. The van der Waals surface area contributed by atoms with E-state index in [0.29, 0.717) is 0 Å². The van der Waals surface area contributed by atoms with Gasteiger partial charge in [-0.1, -0.05) is 0 Å². The van der Waals surface area contributed by atoms with Gasteiger partial charge in [0.15, 0.2) is 6.29 Å². The molecule has 11 heavy (non-hydrogen) atoms. The summed E-state index contributed by atoms with van der Waals surface area (Å²) in [7, 11) is 1.48. The molecule has 2 nitrogen and oxygen atoms in total. The fraction of sp³-hybridized carbons (Fsp3) is 0.429. The molecule has 0 amide bonds. The van der Waals surface area contributed by atoms with Crippen molar-refractivity contribution in [1.29, 1.82) is 0 Å². The first-order valence-corrected chi connectivity index (χ1v) is 4.78. The first kappa shape index (κ1) is 9.19. The molecule has 0 spiro atoms. The Labute approximate surface area is 77.9 Å². The molecule has 1 aromatic heterocycles. The van der Waals surface area contributed by atoms with Crippen LogP contribution in [0.15, 0.2) is 9.85 Å². The number of hydrogen-bond donors (Lipinski definition) is 1. The Balaban J connectivity index is 2.94. The summed E-state index contributed by atoms with van der Waals surface area (Å²) in [5.41, 5.74) is 1.13. The maximum Gasteiger partial charge on any atom is 0.191 e. The summed E-state index contributed by atoms with van der Waals surface area (Å²) in [5.74, 6) is 0. The molecule has 4 heteroatoms. The maximum atomic E-state index is 9.28. The van der Waals surface area contributed by atoms with E-state index < -0.39 is 6.29 Å². The van der Waals surface area contributed by atoms with Gasteiger partial charge >= 0.3 is 0 Å². The van der Waals surface area contributed by atoms with Crippen molar-refractivity contribution in [3.05, 3.63) is 20.3 Å². The van der Waals surface area contributed by atoms with Gasteiger partial charge in [0, 0.05) is 11.6 Å². The monoisotopic (exact) mass is 236 g/mol. The highest BCUT2D eigenvalue weighted by molar-refractivity contribution is 9.10. The fourth-order valence-electron chi connectivity index (χ4n) is 0.723. The molecular formula is C7H9BrO2S. The van der Waals surface area contributed by atoms with Crippen LogP contribution in [0.2, 0.25) is 0 Å². The summed E-state index contributed by atoms with van der Waals surface area (Å²) >= 11 is 4.85. The van der Waals surface area contributed by atoms with Crippen LogP contribution in [0.3, 0.4) is 0 Å². The SMILES string of the molecule is COC(O)c1scc(C)c1Br. The number of aliphatic hydroxyl groups is 1. The number of halogens is 1. The third kappa shape index (κ3) is 1.82. The fourth-order valence-corrected chi connectivity index (χ4v) is 2.36. The molecule has 1 rings (SSSR count). The molecule has 1 heterocycles. The summed E-state index contributed by atoms with van der Waals surface area (Å²) in [4.78, 5) is 0.824. The Morgan fingerprint density at radius 1 is 1.73 bits per heavy atom. The second kappa shape index (κ2) is 3.67. The molecule has 1 N–H and O–H groups in total. The Hall–Kier alpha value is 0.100. The van der Waals surface area contributed by atoms with Crippen molar-refractivity contribution >= 4 is 27.3 Å². The van der Waals surface area contributed by atoms with Crippen molar-refractivity contribution < 1.29 is 9.84 Å². The molecule has 62 valence electrons. The molecule has 0 fully saturated rings. The van der Waals surface area contributed by atoms with Gasteiger partial charge in [-0.05, 0) is 33.8 Å². The quantitative estimate of drug-likeness (QED) is 0.800. The third-order valence-corrected chi connectivity index (χ3v) is 3.82. The van der Waals surface area contributed by atoms with Crippen molar-refractivity contribution in [2.75, 3.05) is 7.11 Å². The van der Waals surface area contributed by atoms with Gasteiger partial charge in [-0.3, -0.25) is 0 Å². The van der Waals surface area contributed by atoms with E-state index in [1.54, 1.807) is 0 Å². The van der Waals surface area contributed by atoms with Crippen LogP contribution in [0, 0.1) is 6.92 Å². The predicted octanol–water partition coefficient (Wildman–Crippen LogP) is 2.46. The average Bonchev–Trinajstić information content (AvgIpc) is 2.32. The van der Waals surface area contributed by atoms with E-state index in [-0.39, 0.29) is 0 Å². The van der Waals surface area contributed by atoms with Gasteiger partial charge in [0.05, 0.1) is 4.88 Å². The van der Waals surface area contributed by atoms with E-state index in [1.165, 1.54) is 18.4 Å². The molecule has 0 aliphatic carbocycles.